The molecule has 30 heavy (non-hydrogen) atoms. The number of nitrogens with zero attached hydrogens (tertiary/aromatic N) is 4. The van der Waals surface area contributed by atoms with Crippen LogP contribution in [-0.4, -0.2) is 48.8 Å². The Morgan fingerprint density at radius 3 is 2.30 bits per heavy atom. The molecule has 0 unspecified atom stereocenters. The molecule has 1 saturated heterocycles. The van der Waals surface area contributed by atoms with Crippen LogP contribution in [0.15, 0.2) is 48.5 Å². The molecule has 7 heteroatoms. The molecule has 1 aromatic heterocycles. The molecule has 1 N–H and O–H groups in total. The monoisotopic (exact) mass is 407 g/mol. The van der Waals surface area contributed by atoms with Crippen molar-refractivity contribution in [3.05, 3.63) is 60.0 Å². The molecule has 3 aromatic rings. The highest BCUT2D eigenvalue weighted by Crippen LogP contribution is 2.28. The Bertz CT molecular complexity index is 1050. The second-order valence-electron chi connectivity index (χ2n) is 7.95. The molecule has 156 valence electrons. The molecule has 0 radical (unpaired) electrons. The van der Waals surface area contributed by atoms with Gasteiger partial charge in [0.05, 0.1) is 5.69 Å². The molecule has 6 nitrogen and oxygen atoms in total. The summed E-state index contributed by atoms with van der Waals surface area (Å²) < 4.78 is 14.1. The molecule has 2 aromatic carbocycles. The van der Waals surface area contributed by atoms with Gasteiger partial charge in [-0.25, -0.2) is 4.39 Å². The van der Waals surface area contributed by atoms with Crippen LogP contribution in [-0.2, 0) is 0 Å². The second-order valence-corrected chi connectivity index (χ2v) is 7.95. The minimum absolute atomic E-state index is 0.201. The van der Waals surface area contributed by atoms with Crippen LogP contribution in [0.25, 0.3) is 10.8 Å². The normalized spacial score (nSPS) is 14.4. The molecule has 1 fully saturated rings. The van der Waals surface area contributed by atoms with Gasteiger partial charge in [-0.15, -0.1) is 10.2 Å². The summed E-state index contributed by atoms with van der Waals surface area (Å²) in [5.74, 6) is 0.716. The SMILES string of the molecule is CC(C)CNC(=O)c1nnc(N2CCN(c3ccccc3F)CC2)c2ccccc12. The lowest BCUT2D eigenvalue weighted by atomic mass is 10.1. The molecular formula is C23H26FN5O. The van der Waals surface area contributed by atoms with Crippen LogP contribution in [0.1, 0.15) is 24.3 Å². The Balaban J connectivity index is 1.56. The highest BCUT2D eigenvalue weighted by molar-refractivity contribution is 6.07. The van der Waals surface area contributed by atoms with Crippen molar-refractivity contribution >= 4 is 28.2 Å². The van der Waals surface area contributed by atoms with Gasteiger partial charge in [0, 0.05) is 43.5 Å². The maximum absolute atomic E-state index is 14.1. The van der Waals surface area contributed by atoms with Gasteiger partial charge in [0.15, 0.2) is 11.5 Å². The average Bonchev–Trinajstić information content (AvgIpc) is 2.77. The summed E-state index contributed by atoms with van der Waals surface area (Å²) in [5, 5.41) is 13.3. The standard InChI is InChI=1S/C23H26FN5O/c1-16(2)15-25-23(30)21-17-7-3-4-8-18(17)22(27-26-21)29-13-11-28(12-14-29)20-10-6-5-9-19(20)24/h3-10,16H,11-15H2,1-2H3,(H,25,30). The Labute approximate surface area is 175 Å². The largest absolute Gasteiger partial charge is 0.366 e. The lowest BCUT2D eigenvalue weighted by Gasteiger charge is -2.37. The zero-order valence-corrected chi connectivity index (χ0v) is 17.3. The number of anilines is 2. The third kappa shape index (κ3) is 4.06. The van der Waals surface area contributed by atoms with E-state index in [0.29, 0.717) is 50.0 Å². The van der Waals surface area contributed by atoms with Gasteiger partial charge in [-0.1, -0.05) is 50.2 Å². The first-order valence-corrected chi connectivity index (χ1v) is 10.3. The Hall–Kier alpha value is -3.22. The topological polar surface area (TPSA) is 61.4 Å². The minimum Gasteiger partial charge on any atom is -0.366 e. The third-order valence-electron chi connectivity index (χ3n) is 5.33. The summed E-state index contributed by atoms with van der Waals surface area (Å²) in [6.45, 7) is 7.47. The van der Waals surface area contributed by atoms with E-state index in [0.717, 1.165) is 16.6 Å². The molecule has 2 heterocycles. The lowest BCUT2D eigenvalue weighted by molar-refractivity contribution is 0.0945. The molecule has 1 aliphatic heterocycles. The number of hydrogen-bond donors (Lipinski definition) is 1. The van der Waals surface area contributed by atoms with E-state index in [1.807, 2.05) is 50.2 Å². The van der Waals surface area contributed by atoms with Crippen molar-refractivity contribution in [3.8, 4) is 0 Å². The number of benzene rings is 2. The third-order valence-corrected chi connectivity index (χ3v) is 5.33. The van der Waals surface area contributed by atoms with E-state index in [2.05, 4.69) is 25.3 Å². The molecule has 1 amide bonds. The average molecular weight is 407 g/mol. The summed E-state index contributed by atoms with van der Waals surface area (Å²) in [5.41, 5.74) is 0.977. The molecule has 0 spiro atoms. The highest BCUT2D eigenvalue weighted by Gasteiger charge is 2.23. The zero-order valence-electron chi connectivity index (χ0n) is 17.3. The number of para-hydroxylation sites is 1. The summed E-state index contributed by atoms with van der Waals surface area (Å²) in [6.07, 6.45) is 0. The molecule has 0 aliphatic carbocycles. The van der Waals surface area contributed by atoms with E-state index < -0.39 is 0 Å². The smallest absolute Gasteiger partial charge is 0.272 e. The molecule has 0 bridgehead atoms. The summed E-state index contributed by atoms with van der Waals surface area (Å²) in [6, 6.07) is 14.6. The number of halogens is 1. The van der Waals surface area contributed by atoms with Crippen LogP contribution in [0.4, 0.5) is 15.9 Å². The molecule has 0 atom stereocenters. The van der Waals surface area contributed by atoms with Crippen LogP contribution < -0.4 is 15.1 Å². The molecule has 4 rings (SSSR count). The number of nitrogens with one attached hydrogen (secondary N) is 1. The van der Waals surface area contributed by atoms with Crippen LogP contribution in [0, 0.1) is 11.7 Å². The van der Waals surface area contributed by atoms with Crippen molar-refractivity contribution in [1.82, 2.24) is 15.5 Å². The first-order chi connectivity index (χ1) is 14.5. The van der Waals surface area contributed by atoms with Crippen molar-refractivity contribution in [3.63, 3.8) is 0 Å². The molecule has 0 saturated carbocycles. The lowest BCUT2D eigenvalue weighted by Crippen LogP contribution is -2.47. The molecular weight excluding hydrogens is 381 g/mol. The first kappa shape index (κ1) is 20.1. The van der Waals surface area contributed by atoms with E-state index >= 15 is 0 Å². The van der Waals surface area contributed by atoms with Crippen molar-refractivity contribution in [2.24, 2.45) is 5.92 Å². The number of piperazine rings is 1. The number of hydrogen-bond acceptors (Lipinski definition) is 5. The van der Waals surface area contributed by atoms with E-state index in [1.165, 1.54) is 6.07 Å². The van der Waals surface area contributed by atoms with Gasteiger partial charge < -0.3 is 15.1 Å². The summed E-state index contributed by atoms with van der Waals surface area (Å²) in [7, 11) is 0. The minimum atomic E-state index is -0.205. The van der Waals surface area contributed by atoms with Crippen molar-refractivity contribution in [2.45, 2.75) is 13.8 Å². The molecule has 1 aliphatic rings. The fourth-order valence-corrected chi connectivity index (χ4v) is 3.74. The maximum Gasteiger partial charge on any atom is 0.272 e. The van der Waals surface area contributed by atoms with Crippen molar-refractivity contribution in [1.29, 1.82) is 0 Å². The van der Waals surface area contributed by atoms with Crippen LogP contribution in [0.2, 0.25) is 0 Å². The Morgan fingerprint density at radius 2 is 1.60 bits per heavy atom. The van der Waals surface area contributed by atoms with E-state index in [-0.39, 0.29) is 11.7 Å². The number of aromatic nitrogens is 2. The maximum atomic E-state index is 14.1. The van der Waals surface area contributed by atoms with Crippen LogP contribution in [0.5, 0.6) is 0 Å². The summed E-state index contributed by atoms with van der Waals surface area (Å²) >= 11 is 0. The van der Waals surface area contributed by atoms with Gasteiger partial charge in [0.25, 0.3) is 5.91 Å². The number of amides is 1. The predicted molar refractivity (Wildman–Crippen MR) is 118 cm³/mol. The van der Waals surface area contributed by atoms with E-state index in [1.54, 1.807) is 6.07 Å². The fourth-order valence-electron chi connectivity index (χ4n) is 3.74. The number of rotatable bonds is 5. The number of carbonyl (C=O) groups is 1. The van der Waals surface area contributed by atoms with Crippen LogP contribution >= 0.6 is 0 Å². The van der Waals surface area contributed by atoms with E-state index in [4.69, 9.17) is 0 Å². The van der Waals surface area contributed by atoms with Gasteiger partial charge >= 0.3 is 0 Å². The highest BCUT2D eigenvalue weighted by atomic mass is 19.1. The van der Waals surface area contributed by atoms with Gasteiger partial charge in [-0.2, -0.15) is 0 Å². The van der Waals surface area contributed by atoms with Crippen molar-refractivity contribution in [2.75, 3.05) is 42.5 Å². The number of fused-ring (bicyclic) bond motifs is 1. The van der Waals surface area contributed by atoms with Gasteiger partial charge in [-0.05, 0) is 18.1 Å². The first-order valence-electron chi connectivity index (χ1n) is 10.3. The van der Waals surface area contributed by atoms with Gasteiger partial charge in [0.1, 0.15) is 5.82 Å². The number of carbonyl (C=O) groups excluding carboxylic acids is 1. The quantitative estimate of drug-likeness (QED) is 0.702. The summed E-state index contributed by atoms with van der Waals surface area (Å²) in [4.78, 5) is 16.8. The van der Waals surface area contributed by atoms with Gasteiger partial charge in [-0.3, -0.25) is 4.79 Å². The Morgan fingerprint density at radius 1 is 0.967 bits per heavy atom. The van der Waals surface area contributed by atoms with Crippen LogP contribution in [0.3, 0.4) is 0 Å². The van der Waals surface area contributed by atoms with Crippen molar-refractivity contribution < 1.29 is 9.18 Å². The second kappa shape index (κ2) is 8.65. The Kier molecular flexibility index (Phi) is 5.79. The van der Waals surface area contributed by atoms with E-state index in [9.17, 15) is 9.18 Å². The predicted octanol–water partition coefficient (Wildman–Crippen LogP) is 3.48. The van der Waals surface area contributed by atoms with Gasteiger partial charge in [0.2, 0.25) is 0 Å². The zero-order chi connectivity index (χ0) is 21.1. The fraction of sp³-hybridized carbons (Fsp3) is 0.348.